The Morgan fingerprint density at radius 2 is 1.96 bits per heavy atom. The zero-order chi connectivity index (χ0) is 18.4. The molecule has 0 N–H and O–H groups in total. The van der Waals surface area contributed by atoms with Crippen molar-refractivity contribution in [3.8, 4) is 5.75 Å². The molecule has 0 atom stereocenters. The van der Waals surface area contributed by atoms with E-state index < -0.39 is 0 Å². The predicted octanol–water partition coefficient (Wildman–Crippen LogP) is 3.92. The summed E-state index contributed by atoms with van der Waals surface area (Å²) in [6.07, 6.45) is 8.14. The van der Waals surface area contributed by atoms with Crippen molar-refractivity contribution in [1.82, 2.24) is 14.5 Å². The summed E-state index contributed by atoms with van der Waals surface area (Å²) in [6, 6.07) is 7.56. The molecular formula is C21H29N3O2. The summed E-state index contributed by atoms with van der Waals surface area (Å²) in [5.74, 6) is 2.64. The summed E-state index contributed by atoms with van der Waals surface area (Å²) in [6.45, 7) is 7.56. The van der Waals surface area contributed by atoms with Crippen LogP contribution in [0.15, 0.2) is 36.7 Å². The summed E-state index contributed by atoms with van der Waals surface area (Å²) in [5, 5.41) is 0. The van der Waals surface area contributed by atoms with Gasteiger partial charge in [-0.15, -0.1) is 0 Å². The van der Waals surface area contributed by atoms with Crippen molar-refractivity contribution in [2.45, 2.75) is 46.1 Å². The van der Waals surface area contributed by atoms with Crippen LogP contribution in [0.5, 0.6) is 5.75 Å². The normalized spacial score (nSPS) is 15.2. The fourth-order valence-electron chi connectivity index (χ4n) is 3.40. The van der Waals surface area contributed by atoms with Gasteiger partial charge in [-0.2, -0.15) is 0 Å². The fourth-order valence-corrected chi connectivity index (χ4v) is 3.40. The number of nitrogens with zero attached hydrogens (tertiary/aromatic N) is 3. The Labute approximate surface area is 156 Å². The highest BCUT2D eigenvalue weighted by Gasteiger charge is 2.24. The number of ether oxygens (including phenoxy) is 1. The van der Waals surface area contributed by atoms with E-state index in [1.165, 1.54) is 0 Å². The minimum Gasteiger partial charge on any atom is -0.494 e. The van der Waals surface area contributed by atoms with Crippen molar-refractivity contribution >= 4 is 5.91 Å². The van der Waals surface area contributed by atoms with Crippen molar-refractivity contribution < 1.29 is 9.53 Å². The number of likely N-dealkylation sites (tertiary alicyclic amines) is 1. The van der Waals surface area contributed by atoms with Crippen molar-refractivity contribution in [3.05, 3.63) is 48.0 Å². The van der Waals surface area contributed by atoms with E-state index in [0.717, 1.165) is 69.1 Å². The summed E-state index contributed by atoms with van der Waals surface area (Å²) >= 11 is 0. The lowest BCUT2D eigenvalue weighted by Crippen LogP contribution is -2.39. The van der Waals surface area contributed by atoms with E-state index in [2.05, 4.69) is 16.5 Å². The van der Waals surface area contributed by atoms with Gasteiger partial charge in [0.05, 0.1) is 6.61 Å². The first-order valence-corrected chi connectivity index (χ1v) is 9.67. The van der Waals surface area contributed by atoms with Gasteiger partial charge < -0.3 is 14.2 Å². The average Bonchev–Trinajstić information content (AvgIpc) is 3.07. The molecule has 1 saturated heterocycles. The highest BCUT2D eigenvalue weighted by molar-refractivity contribution is 5.94. The Kier molecular flexibility index (Phi) is 6.31. The molecular weight excluding hydrogens is 326 g/mol. The average molecular weight is 355 g/mol. The predicted molar refractivity (Wildman–Crippen MR) is 102 cm³/mol. The van der Waals surface area contributed by atoms with Crippen LogP contribution >= 0.6 is 0 Å². The molecule has 0 saturated carbocycles. The SMILES string of the molecule is CCCCOc1ccc(C(=O)N2CCC(Cn3ccnc3C)CC2)cc1. The molecule has 26 heavy (non-hydrogen) atoms. The molecule has 1 aromatic heterocycles. The number of hydrogen-bond acceptors (Lipinski definition) is 3. The highest BCUT2D eigenvalue weighted by Crippen LogP contribution is 2.22. The smallest absolute Gasteiger partial charge is 0.253 e. The van der Waals surface area contributed by atoms with Crippen LogP contribution in [0, 0.1) is 12.8 Å². The zero-order valence-electron chi connectivity index (χ0n) is 15.9. The molecule has 1 amide bonds. The molecule has 5 nitrogen and oxygen atoms in total. The second kappa shape index (κ2) is 8.88. The first kappa shape index (κ1) is 18.5. The fraction of sp³-hybridized carbons (Fsp3) is 0.524. The molecule has 1 aliphatic rings. The van der Waals surface area contributed by atoms with Gasteiger partial charge in [0, 0.05) is 37.6 Å². The van der Waals surface area contributed by atoms with Gasteiger partial charge in [0.2, 0.25) is 0 Å². The van der Waals surface area contributed by atoms with Crippen LogP contribution < -0.4 is 4.74 Å². The number of unbranched alkanes of at least 4 members (excludes halogenated alkanes) is 1. The molecule has 0 radical (unpaired) electrons. The van der Waals surface area contributed by atoms with E-state index >= 15 is 0 Å². The molecule has 2 heterocycles. The Bertz CT molecular complexity index is 700. The number of benzene rings is 1. The third kappa shape index (κ3) is 4.65. The van der Waals surface area contributed by atoms with E-state index in [-0.39, 0.29) is 5.91 Å². The molecule has 0 aliphatic carbocycles. The molecule has 1 aromatic carbocycles. The lowest BCUT2D eigenvalue weighted by Gasteiger charge is -2.32. The molecule has 1 aliphatic heterocycles. The number of hydrogen-bond donors (Lipinski definition) is 0. The van der Waals surface area contributed by atoms with Gasteiger partial charge in [0.1, 0.15) is 11.6 Å². The second-order valence-electron chi connectivity index (χ2n) is 7.09. The standard InChI is InChI=1S/C21H29N3O2/c1-3-4-15-26-20-7-5-19(6-8-20)21(25)23-12-9-18(10-13-23)16-24-14-11-22-17(24)2/h5-8,11,14,18H,3-4,9-10,12-13,15-16H2,1-2H3. The number of imidazole rings is 1. The summed E-state index contributed by atoms with van der Waals surface area (Å²) in [4.78, 5) is 19.0. The molecule has 0 bridgehead atoms. The molecule has 2 aromatic rings. The Morgan fingerprint density at radius 1 is 1.23 bits per heavy atom. The maximum absolute atomic E-state index is 12.7. The minimum atomic E-state index is 0.127. The molecule has 5 heteroatoms. The molecule has 1 fully saturated rings. The van der Waals surface area contributed by atoms with Gasteiger partial charge in [0.15, 0.2) is 0 Å². The Balaban J connectivity index is 1.49. The quantitative estimate of drug-likeness (QED) is 0.707. The molecule has 0 spiro atoms. The van der Waals surface area contributed by atoms with Crippen molar-refractivity contribution in [1.29, 1.82) is 0 Å². The number of aromatic nitrogens is 2. The minimum absolute atomic E-state index is 0.127. The lowest BCUT2D eigenvalue weighted by atomic mass is 9.96. The van der Waals surface area contributed by atoms with Gasteiger partial charge in [-0.25, -0.2) is 4.98 Å². The van der Waals surface area contributed by atoms with Crippen LogP contribution in [0.25, 0.3) is 0 Å². The monoisotopic (exact) mass is 355 g/mol. The largest absolute Gasteiger partial charge is 0.494 e. The van der Waals surface area contributed by atoms with Crippen molar-refractivity contribution in [2.75, 3.05) is 19.7 Å². The number of rotatable bonds is 7. The van der Waals surface area contributed by atoms with Gasteiger partial charge in [-0.1, -0.05) is 13.3 Å². The van der Waals surface area contributed by atoms with Crippen LogP contribution in [0.1, 0.15) is 48.8 Å². The number of aryl methyl sites for hydroxylation is 1. The number of piperidine rings is 1. The van der Waals surface area contributed by atoms with E-state index in [9.17, 15) is 4.79 Å². The van der Waals surface area contributed by atoms with Crippen molar-refractivity contribution in [2.24, 2.45) is 5.92 Å². The molecule has 0 unspecified atom stereocenters. The summed E-state index contributed by atoms with van der Waals surface area (Å²) in [7, 11) is 0. The Hall–Kier alpha value is -2.30. The first-order valence-electron chi connectivity index (χ1n) is 9.67. The van der Waals surface area contributed by atoms with Crippen LogP contribution in [-0.2, 0) is 6.54 Å². The molecule has 140 valence electrons. The van der Waals surface area contributed by atoms with Gasteiger partial charge in [-0.3, -0.25) is 4.79 Å². The van der Waals surface area contributed by atoms with Gasteiger partial charge in [-0.05, 0) is 56.4 Å². The first-order chi connectivity index (χ1) is 12.7. The molecule has 3 rings (SSSR count). The number of carbonyl (C=O) groups is 1. The van der Waals surface area contributed by atoms with Crippen LogP contribution in [0.2, 0.25) is 0 Å². The van der Waals surface area contributed by atoms with Crippen LogP contribution in [0.4, 0.5) is 0 Å². The van der Waals surface area contributed by atoms with E-state index in [0.29, 0.717) is 5.92 Å². The topological polar surface area (TPSA) is 47.4 Å². The Morgan fingerprint density at radius 3 is 2.58 bits per heavy atom. The van der Waals surface area contributed by atoms with Gasteiger partial charge >= 0.3 is 0 Å². The van der Waals surface area contributed by atoms with E-state index in [1.54, 1.807) is 0 Å². The third-order valence-corrected chi connectivity index (χ3v) is 5.15. The van der Waals surface area contributed by atoms with Gasteiger partial charge in [0.25, 0.3) is 5.91 Å². The van der Waals surface area contributed by atoms with Crippen molar-refractivity contribution in [3.63, 3.8) is 0 Å². The van der Waals surface area contributed by atoms with E-state index in [4.69, 9.17) is 4.74 Å². The summed E-state index contributed by atoms with van der Waals surface area (Å²) < 4.78 is 7.88. The third-order valence-electron chi connectivity index (χ3n) is 5.15. The zero-order valence-corrected chi connectivity index (χ0v) is 15.9. The van der Waals surface area contributed by atoms with Crippen LogP contribution in [0.3, 0.4) is 0 Å². The lowest BCUT2D eigenvalue weighted by molar-refractivity contribution is 0.0682. The number of amides is 1. The van der Waals surface area contributed by atoms with E-state index in [1.807, 2.05) is 48.5 Å². The highest BCUT2D eigenvalue weighted by atomic mass is 16.5. The number of carbonyl (C=O) groups excluding carboxylic acids is 1. The van der Waals surface area contributed by atoms with Crippen LogP contribution in [-0.4, -0.2) is 40.1 Å². The maximum Gasteiger partial charge on any atom is 0.253 e. The second-order valence-corrected chi connectivity index (χ2v) is 7.09. The maximum atomic E-state index is 12.7. The summed E-state index contributed by atoms with van der Waals surface area (Å²) in [5.41, 5.74) is 0.747.